The van der Waals surface area contributed by atoms with Crippen molar-refractivity contribution < 1.29 is 18.3 Å². The number of phenolic OH excluding ortho intramolecular Hbond substituents is 1. The van der Waals surface area contributed by atoms with Crippen LogP contribution in [0.25, 0.3) is 0 Å². The molecule has 0 bridgehead atoms. The van der Waals surface area contributed by atoms with E-state index in [2.05, 4.69) is 4.72 Å². The van der Waals surface area contributed by atoms with Crippen molar-refractivity contribution in [3.8, 4) is 17.2 Å². The Morgan fingerprint density at radius 1 is 1.12 bits per heavy atom. The lowest BCUT2D eigenvalue weighted by Gasteiger charge is -2.19. The molecule has 0 saturated heterocycles. The molecule has 0 unspecified atom stereocenters. The summed E-state index contributed by atoms with van der Waals surface area (Å²) in [6.07, 6.45) is 0. The SMILES string of the molecule is Cc1cc(N)cc(C)c1Oc1ccc(O)c(S(=O)(=O)NCC(C)(C)C)c1. The van der Waals surface area contributed by atoms with E-state index in [4.69, 9.17) is 10.5 Å². The number of sulfonamides is 1. The molecule has 142 valence electrons. The van der Waals surface area contributed by atoms with Crippen molar-refractivity contribution in [2.75, 3.05) is 12.3 Å². The van der Waals surface area contributed by atoms with Gasteiger partial charge in [-0.2, -0.15) is 0 Å². The Hall–Kier alpha value is -2.25. The first-order valence-electron chi connectivity index (χ1n) is 8.26. The normalized spacial score (nSPS) is 12.2. The van der Waals surface area contributed by atoms with Gasteiger partial charge in [-0.05, 0) is 54.7 Å². The number of aromatic hydroxyl groups is 1. The minimum atomic E-state index is -3.87. The highest BCUT2D eigenvalue weighted by Crippen LogP contribution is 2.34. The number of hydrogen-bond donors (Lipinski definition) is 3. The smallest absolute Gasteiger partial charge is 0.244 e. The molecule has 7 heteroatoms. The molecule has 2 aromatic rings. The standard InChI is InChI=1S/C19H26N2O4S/c1-12-8-14(20)9-13(2)18(12)25-15-6-7-16(22)17(10-15)26(23,24)21-11-19(3,4)5/h6-10,21-22H,11,20H2,1-5H3. The van der Waals surface area contributed by atoms with Gasteiger partial charge in [0, 0.05) is 18.3 Å². The van der Waals surface area contributed by atoms with Crippen LogP contribution in [0.4, 0.5) is 5.69 Å². The van der Waals surface area contributed by atoms with E-state index in [1.165, 1.54) is 18.2 Å². The number of nitrogen functional groups attached to an aromatic ring is 1. The summed E-state index contributed by atoms with van der Waals surface area (Å²) in [6, 6.07) is 7.71. The molecule has 0 radical (unpaired) electrons. The number of benzene rings is 2. The summed E-state index contributed by atoms with van der Waals surface area (Å²) < 4.78 is 33.5. The number of aryl methyl sites for hydroxylation is 2. The molecule has 0 amide bonds. The van der Waals surface area contributed by atoms with Crippen molar-refractivity contribution >= 4 is 15.7 Å². The molecule has 0 atom stereocenters. The van der Waals surface area contributed by atoms with Crippen LogP contribution >= 0.6 is 0 Å². The summed E-state index contributed by atoms with van der Waals surface area (Å²) in [5.74, 6) is 0.593. The zero-order chi connectivity index (χ0) is 19.7. The van der Waals surface area contributed by atoms with Gasteiger partial charge in [0.05, 0.1) is 0 Å². The predicted molar refractivity (Wildman–Crippen MR) is 103 cm³/mol. The van der Waals surface area contributed by atoms with E-state index in [0.717, 1.165) is 11.1 Å². The first-order valence-corrected chi connectivity index (χ1v) is 9.75. The molecule has 0 heterocycles. The van der Waals surface area contributed by atoms with Gasteiger partial charge in [-0.3, -0.25) is 0 Å². The molecule has 0 fully saturated rings. The zero-order valence-corrected chi connectivity index (χ0v) is 16.6. The average Bonchev–Trinajstić information content (AvgIpc) is 2.49. The van der Waals surface area contributed by atoms with Crippen LogP contribution in [-0.2, 0) is 10.0 Å². The number of ether oxygens (including phenoxy) is 1. The maximum atomic E-state index is 12.5. The Kier molecular flexibility index (Phi) is 5.53. The van der Waals surface area contributed by atoms with E-state index in [1.807, 2.05) is 34.6 Å². The third-order valence-electron chi connectivity index (χ3n) is 3.72. The molecule has 0 aliphatic rings. The summed E-state index contributed by atoms with van der Waals surface area (Å²) in [7, 11) is -3.87. The fraction of sp³-hybridized carbons (Fsp3) is 0.368. The van der Waals surface area contributed by atoms with E-state index in [9.17, 15) is 13.5 Å². The van der Waals surface area contributed by atoms with Crippen LogP contribution < -0.4 is 15.2 Å². The van der Waals surface area contributed by atoms with Crippen molar-refractivity contribution in [2.45, 2.75) is 39.5 Å². The first kappa shape index (κ1) is 20.1. The molecule has 0 aliphatic carbocycles. The summed E-state index contributed by atoms with van der Waals surface area (Å²) in [6.45, 7) is 9.73. The lowest BCUT2D eigenvalue weighted by Crippen LogP contribution is -2.32. The van der Waals surface area contributed by atoms with Gasteiger partial charge in [-0.25, -0.2) is 13.1 Å². The van der Waals surface area contributed by atoms with Crippen LogP contribution in [0.5, 0.6) is 17.2 Å². The third kappa shape index (κ3) is 4.89. The summed E-state index contributed by atoms with van der Waals surface area (Å²) in [4.78, 5) is -0.218. The van der Waals surface area contributed by atoms with Crippen molar-refractivity contribution in [1.29, 1.82) is 0 Å². The van der Waals surface area contributed by atoms with E-state index in [1.54, 1.807) is 12.1 Å². The van der Waals surface area contributed by atoms with Crippen LogP contribution in [0.1, 0.15) is 31.9 Å². The number of rotatable bonds is 5. The molecule has 26 heavy (non-hydrogen) atoms. The second-order valence-corrected chi connectivity index (χ2v) is 9.34. The molecular formula is C19H26N2O4S. The van der Waals surface area contributed by atoms with Gasteiger partial charge < -0.3 is 15.6 Å². The van der Waals surface area contributed by atoms with E-state index in [-0.39, 0.29) is 22.6 Å². The fourth-order valence-electron chi connectivity index (χ4n) is 2.43. The summed E-state index contributed by atoms with van der Waals surface area (Å²) in [5, 5.41) is 10.0. The van der Waals surface area contributed by atoms with Crippen LogP contribution in [-0.4, -0.2) is 20.1 Å². The van der Waals surface area contributed by atoms with Crippen molar-refractivity contribution in [3.05, 3.63) is 41.5 Å². The average molecular weight is 378 g/mol. The lowest BCUT2D eigenvalue weighted by atomic mass is 9.98. The quantitative estimate of drug-likeness (QED) is 0.689. The topological polar surface area (TPSA) is 102 Å². The highest BCUT2D eigenvalue weighted by Gasteiger charge is 2.22. The van der Waals surface area contributed by atoms with E-state index < -0.39 is 10.0 Å². The van der Waals surface area contributed by atoms with Crippen molar-refractivity contribution in [2.24, 2.45) is 5.41 Å². The van der Waals surface area contributed by atoms with Gasteiger partial charge >= 0.3 is 0 Å². The number of phenols is 1. The third-order valence-corrected chi connectivity index (χ3v) is 5.15. The molecule has 2 rings (SSSR count). The largest absolute Gasteiger partial charge is 0.507 e. The zero-order valence-electron chi connectivity index (χ0n) is 15.8. The van der Waals surface area contributed by atoms with Gasteiger partial charge in [-0.15, -0.1) is 0 Å². The summed E-state index contributed by atoms with van der Waals surface area (Å²) >= 11 is 0. The van der Waals surface area contributed by atoms with Crippen LogP contribution in [0, 0.1) is 19.3 Å². The molecular weight excluding hydrogens is 352 g/mol. The highest BCUT2D eigenvalue weighted by molar-refractivity contribution is 7.89. The maximum absolute atomic E-state index is 12.5. The highest BCUT2D eigenvalue weighted by atomic mass is 32.2. The van der Waals surface area contributed by atoms with Gasteiger partial charge in [-0.1, -0.05) is 20.8 Å². The summed E-state index contributed by atoms with van der Waals surface area (Å²) in [5.41, 5.74) is 7.90. The minimum absolute atomic E-state index is 0.218. The molecule has 0 spiro atoms. The number of nitrogens with two attached hydrogens (primary N) is 1. The maximum Gasteiger partial charge on any atom is 0.244 e. The molecule has 0 aliphatic heterocycles. The first-order chi connectivity index (χ1) is 11.9. The van der Waals surface area contributed by atoms with Crippen LogP contribution in [0.2, 0.25) is 0 Å². The van der Waals surface area contributed by atoms with Gasteiger partial charge in [0.1, 0.15) is 22.1 Å². The van der Waals surface area contributed by atoms with Gasteiger partial charge in [0.15, 0.2) is 0 Å². The second-order valence-electron chi connectivity index (χ2n) is 7.60. The lowest BCUT2D eigenvalue weighted by molar-refractivity contribution is 0.405. The van der Waals surface area contributed by atoms with Crippen molar-refractivity contribution in [1.82, 2.24) is 4.72 Å². The molecule has 4 N–H and O–H groups in total. The van der Waals surface area contributed by atoms with Crippen LogP contribution in [0.3, 0.4) is 0 Å². The molecule has 0 aromatic heterocycles. The number of anilines is 1. The molecule has 2 aromatic carbocycles. The monoisotopic (exact) mass is 378 g/mol. The number of nitrogens with one attached hydrogen (secondary N) is 1. The Morgan fingerprint density at radius 2 is 1.69 bits per heavy atom. The Bertz CT molecular complexity index is 893. The Morgan fingerprint density at radius 3 is 2.23 bits per heavy atom. The predicted octanol–water partition coefficient (Wildman–Crippen LogP) is 3.71. The Balaban J connectivity index is 2.36. The minimum Gasteiger partial charge on any atom is -0.507 e. The molecule has 6 nitrogen and oxygen atoms in total. The van der Waals surface area contributed by atoms with Crippen LogP contribution in [0.15, 0.2) is 35.2 Å². The van der Waals surface area contributed by atoms with Crippen molar-refractivity contribution in [3.63, 3.8) is 0 Å². The molecule has 0 saturated carbocycles. The van der Waals surface area contributed by atoms with E-state index >= 15 is 0 Å². The van der Waals surface area contributed by atoms with E-state index in [0.29, 0.717) is 17.2 Å². The van der Waals surface area contributed by atoms with Gasteiger partial charge in [0.2, 0.25) is 10.0 Å². The Labute approximate surface area is 155 Å². The number of hydrogen-bond acceptors (Lipinski definition) is 5. The second kappa shape index (κ2) is 7.17. The van der Waals surface area contributed by atoms with Gasteiger partial charge in [0.25, 0.3) is 0 Å². The fourth-order valence-corrected chi connectivity index (χ4v) is 3.82.